The van der Waals surface area contributed by atoms with E-state index in [4.69, 9.17) is 31.5 Å². The molecule has 0 aromatic carbocycles. The first-order valence-corrected chi connectivity index (χ1v) is 7.09. The van der Waals surface area contributed by atoms with Crippen molar-refractivity contribution in [2.45, 2.75) is 26.0 Å². The van der Waals surface area contributed by atoms with Crippen LogP contribution >= 0.6 is 22.7 Å². The SMILES string of the molecule is CO[Si](Cl)(CCCl)OC(C)C. The lowest BCUT2D eigenvalue weighted by Crippen LogP contribution is -2.37. The van der Waals surface area contributed by atoms with Gasteiger partial charge in [0.05, 0.1) is 0 Å². The molecule has 0 bridgehead atoms. The number of hydrogen-bond donors (Lipinski definition) is 0. The van der Waals surface area contributed by atoms with Gasteiger partial charge in [0.2, 0.25) is 0 Å². The first-order valence-electron chi connectivity index (χ1n) is 3.52. The highest BCUT2D eigenvalue weighted by Crippen LogP contribution is 2.20. The molecule has 0 heterocycles. The van der Waals surface area contributed by atoms with Crippen LogP contribution in [0.15, 0.2) is 0 Å². The maximum Gasteiger partial charge on any atom is 0.444 e. The van der Waals surface area contributed by atoms with Gasteiger partial charge in [-0.2, -0.15) is 0 Å². The maximum atomic E-state index is 6.03. The minimum absolute atomic E-state index is 0.0994. The highest BCUT2D eigenvalue weighted by Gasteiger charge is 2.34. The Morgan fingerprint density at radius 1 is 1.45 bits per heavy atom. The van der Waals surface area contributed by atoms with Crippen LogP contribution in [-0.2, 0) is 8.85 Å². The van der Waals surface area contributed by atoms with Crippen LogP contribution in [0.4, 0.5) is 0 Å². The second-order valence-electron chi connectivity index (χ2n) is 2.47. The van der Waals surface area contributed by atoms with Crippen molar-refractivity contribution in [1.82, 2.24) is 0 Å². The van der Waals surface area contributed by atoms with E-state index in [-0.39, 0.29) is 6.10 Å². The second kappa shape index (κ2) is 5.38. The van der Waals surface area contributed by atoms with Crippen LogP contribution in [0.3, 0.4) is 0 Å². The second-order valence-corrected chi connectivity index (χ2v) is 7.04. The first kappa shape index (κ1) is 11.7. The van der Waals surface area contributed by atoms with Crippen LogP contribution in [0.5, 0.6) is 0 Å². The van der Waals surface area contributed by atoms with Gasteiger partial charge in [-0.3, -0.25) is 0 Å². The number of halogens is 2. The number of alkyl halides is 1. The average Bonchev–Trinajstić information content (AvgIpc) is 1.87. The van der Waals surface area contributed by atoms with Gasteiger partial charge in [0.25, 0.3) is 0 Å². The molecule has 0 aliphatic carbocycles. The monoisotopic (exact) mass is 216 g/mol. The lowest BCUT2D eigenvalue weighted by molar-refractivity contribution is 0.171. The number of hydrogen-bond acceptors (Lipinski definition) is 2. The van der Waals surface area contributed by atoms with Crippen LogP contribution in [-0.4, -0.2) is 27.0 Å². The molecule has 0 saturated carbocycles. The maximum absolute atomic E-state index is 6.03. The third-order valence-corrected chi connectivity index (χ3v) is 5.19. The molecule has 1 unspecified atom stereocenters. The van der Waals surface area contributed by atoms with Gasteiger partial charge in [-0.15, -0.1) is 11.6 Å². The molecular weight excluding hydrogens is 203 g/mol. The molecule has 0 saturated heterocycles. The smallest absolute Gasteiger partial charge is 0.386 e. The summed E-state index contributed by atoms with van der Waals surface area (Å²) in [6, 6.07) is 0.616. The van der Waals surface area contributed by atoms with Gasteiger partial charge in [-0.05, 0) is 13.8 Å². The zero-order valence-corrected chi connectivity index (χ0v) is 9.58. The van der Waals surface area contributed by atoms with Crippen LogP contribution < -0.4 is 0 Å². The Labute approximate surface area is 78.7 Å². The molecule has 0 aromatic heterocycles. The predicted molar refractivity (Wildman–Crippen MR) is 50.4 cm³/mol. The van der Waals surface area contributed by atoms with Gasteiger partial charge in [-0.1, -0.05) is 11.1 Å². The Balaban J connectivity index is 3.87. The fourth-order valence-corrected chi connectivity index (χ4v) is 3.88. The van der Waals surface area contributed by atoms with E-state index in [1.807, 2.05) is 13.8 Å². The van der Waals surface area contributed by atoms with E-state index in [9.17, 15) is 0 Å². The van der Waals surface area contributed by atoms with E-state index in [0.717, 1.165) is 0 Å². The van der Waals surface area contributed by atoms with Crippen molar-refractivity contribution >= 4 is 30.6 Å². The molecule has 0 radical (unpaired) electrons. The van der Waals surface area contributed by atoms with Crippen molar-refractivity contribution in [3.63, 3.8) is 0 Å². The summed E-state index contributed by atoms with van der Waals surface area (Å²) in [5, 5.41) is 0. The van der Waals surface area contributed by atoms with Crippen molar-refractivity contribution < 1.29 is 8.85 Å². The normalized spacial score (nSPS) is 16.9. The zero-order chi connectivity index (χ0) is 8.91. The Morgan fingerprint density at radius 2 is 2.00 bits per heavy atom. The average molecular weight is 217 g/mol. The highest BCUT2D eigenvalue weighted by molar-refractivity contribution is 7.13. The zero-order valence-electron chi connectivity index (χ0n) is 7.06. The van der Waals surface area contributed by atoms with E-state index >= 15 is 0 Å². The Bertz CT molecular complexity index is 113. The molecule has 0 rings (SSSR count). The summed E-state index contributed by atoms with van der Waals surface area (Å²) in [5.74, 6) is 0.482. The van der Waals surface area contributed by atoms with Crippen LogP contribution in [0, 0.1) is 0 Å². The molecule has 5 heteroatoms. The Morgan fingerprint density at radius 3 is 2.27 bits per heavy atom. The van der Waals surface area contributed by atoms with Gasteiger partial charge in [0.1, 0.15) is 0 Å². The van der Waals surface area contributed by atoms with Crippen molar-refractivity contribution in [1.29, 1.82) is 0 Å². The molecule has 0 aliphatic rings. The summed E-state index contributed by atoms with van der Waals surface area (Å²) in [5.41, 5.74) is 0. The lowest BCUT2D eigenvalue weighted by atomic mass is 10.5. The predicted octanol–water partition coefficient (Wildman–Crippen LogP) is 2.47. The summed E-state index contributed by atoms with van der Waals surface area (Å²) < 4.78 is 10.5. The van der Waals surface area contributed by atoms with E-state index in [1.165, 1.54) is 0 Å². The lowest BCUT2D eigenvalue weighted by Gasteiger charge is -2.23. The third kappa shape index (κ3) is 5.04. The topological polar surface area (TPSA) is 18.5 Å². The molecule has 68 valence electrons. The van der Waals surface area contributed by atoms with Crippen LogP contribution in [0.25, 0.3) is 0 Å². The van der Waals surface area contributed by atoms with Gasteiger partial charge in [-0.25, -0.2) is 0 Å². The van der Waals surface area contributed by atoms with Gasteiger partial charge < -0.3 is 8.85 Å². The molecule has 0 aromatic rings. The Kier molecular flexibility index (Phi) is 5.73. The van der Waals surface area contributed by atoms with Crippen molar-refractivity contribution in [2.75, 3.05) is 13.0 Å². The molecule has 0 spiro atoms. The summed E-state index contributed by atoms with van der Waals surface area (Å²) >= 11 is 11.6. The number of rotatable bonds is 5. The minimum Gasteiger partial charge on any atom is -0.386 e. The molecular formula is C6H14Cl2O2Si. The summed E-state index contributed by atoms with van der Waals surface area (Å²) in [4.78, 5) is 0. The fraction of sp³-hybridized carbons (Fsp3) is 1.00. The van der Waals surface area contributed by atoms with Gasteiger partial charge >= 0.3 is 7.87 Å². The molecule has 2 nitrogen and oxygen atoms in total. The molecule has 0 amide bonds. The Hall–Kier alpha value is 0.717. The van der Waals surface area contributed by atoms with Crippen LogP contribution in [0.1, 0.15) is 13.8 Å². The van der Waals surface area contributed by atoms with Crippen LogP contribution in [0.2, 0.25) is 6.04 Å². The summed E-state index contributed by atoms with van der Waals surface area (Å²) in [6.07, 6.45) is 0.0994. The van der Waals surface area contributed by atoms with E-state index in [2.05, 4.69) is 0 Å². The minimum atomic E-state index is -2.45. The fourth-order valence-electron chi connectivity index (χ4n) is 0.674. The molecule has 0 N–H and O–H groups in total. The van der Waals surface area contributed by atoms with E-state index in [0.29, 0.717) is 11.9 Å². The highest BCUT2D eigenvalue weighted by atomic mass is 35.6. The summed E-state index contributed by atoms with van der Waals surface area (Å²) in [7, 11) is -0.883. The molecule has 11 heavy (non-hydrogen) atoms. The van der Waals surface area contributed by atoms with Crippen molar-refractivity contribution in [3.8, 4) is 0 Å². The molecule has 1 atom stereocenters. The quantitative estimate of drug-likeness (QED) is 0.400. The first-order chi connectivity index (χ1) is 5.04. The summed E-state index contributed by atoms with van der Waals surface area (Å²) in [6.45, 7) is 3.86. The van der Waals surface area contributed by atoms with Crippen molar-refractivity contribution in [3.05, 3.63) is 0 Å². The standard InChI is InChI=1S/C6H14Cl2O2Si/c1-6(2)10-11(8,9-3)5-4-7/h6H,4-5H2,1-3H3. The van der Waals surface area contributed by atoms with Gasteiger partial charge in [0.15, 0.2) is 0 Å². The van der Waals surface area contributed by atoms with Gasteiger partial charge in [0, 0.05) is 25.1 Å². The molecule has 0 aliphatic heterocycles. The van der Waals surface area contributed by atoms with E-state index < -0.39 is 7.87 Å². The molecule has 0 fully saturated rings. The largest absolute Gasteiger partial charge is 0.444 e. The van der Waals surface area contributed by atoms with E-state index in [1.54, 1.807) is 7.11 Å². The third-order valence-electron chi connectivity index (χ3n) is 1.11. The van der Waals surface area contributed by atoms with Crippen molar-refractivity contribution in [2.24, 2.45) is 0 Å².